The van der Waals surface area contributed by atoms with Gasteiger partial charge in [-0.1, -0.05) is 41.1 Å². The number of hydrogen-bond donors (Lipinski definition) is 0. The fraction of sp³-hybridized carbons (Fsp3) is 0.308. The first-order valence-corrected chi connectivity index (χ1v) is 6.36. The topological polar surface area (TPSA) is 12.9 Å². The summed E-state index contributed by atoms with van der Waals surface area (Å²) in [5.74, 6) is 0. The highest BCUT2D eigenvalue weighted by atomic mass is 79.9. The summed E-state index contributed by atoms with van der Waals surface area (Å²) in [4.78, 5) is 4.13. The second-order valence-electron chi connectivity index (χ2n) is 3.30. The lowest BCUT2D eigenvalue weighted by Crippen LogP contribution is -1.67. The monoisotopic (exact) mass is 299 g/mol. The maximum Gasteiger partial charge on any atom is 0.0897 e. The van der Waals surface area contributed by atoms with Crippen LogP contribution in [-0.2, 0) is 0 Å². The van der Waals surface area contributed by atoms with Crippen molar-refractivity contribution < 1.29 is 0 Å². The Bertz CT molecular complexity index is 369. The van der Waals surface area contributed by atoms with Crippen LogP contribution < -0.4 is 0 Å². The maximum absolute atomic E-state index is 4.13. The molecule has 0 radical (unpaired) electrons. The van der Waals surface area contributed by atoms with Crippen LogP contribution in [0.25, 0.3) is 0 Å². The molecule has 0 aliphatic rings. The van der Waals surface area contributed by atoms with Crippen molar-refractivity contribution in [2.75, 3.05) is 0 Å². The second kappa shape index (κ2) is 7.58. The molecule has 0 bridgehead atoms. The average molecular weight is 300 g/mol. The van der Waals surface area contributed by atoms with Gasteiger partial charge < -0.3 is 0 Å². The van der Waals surface area contributed by atoms with Gasteiger partial charge in [0, 0.05) is 15.5 Å². The van der Waals surface area contributed by atoms with E-state index in [0.29, 0.717) is 0 Å². The van der Waals surface area contributed by atoms with E-state index in [2.05, 4.69) is 45.4 Å². The molecule has 0 amide bonds. The summed E-state index contributed by atoms with van der Waals surface area (Å²) in [6, 6.07) is 8.22. The van der Waals surface area contributed by atoms with E-state index >= 15 is 0 Å². The summed E-state index contributed by atoms with van der Waals surface area (Å²) >= 11 is 5.04. The van der Waals surface area contributed by atoms with Gasteiger partial charge in [0.25, 0.3) is 0 Å². The summed E-state index contributed by atoms with van der Waals surface area (Å²) in [6.07, 6.45) is 0. The third kappa shape index (κ3) is 6.03. The normalized spacial score (nSPS) is 8.75. The van der Waals surface area contributed by atoms with Gasteiger partial charge in [-0.3, -0.25) is 0 Å². The van der Waals surface area contributed by atoms with Crippen molar-refractivity contribution in [2.45, 2.75) is 28.2 Å². The van der Waals surface area contributed by atoms with Crippen LogP contribution in [0.5, 0.6) is 0 Å². The maximum atomic E-state index is 4.13. The Kier molecular flexibility index (Phi) is 7.26. The lowest BCUT2D eigenvalue weighted by Gasteiger charge is -1.88. The van der Waals surface area contributed by atoms with Crippen LogP contribution in [0, 0.1) is 20.8 Å². The van der Waals surface area contributed by atoms with Gasteiger partial charge in [-0.25, -0.2) is 4.98 Å². The standard InChI is InChI=1S/C7H7Br.C5H7NS.CH4/c1-6-2-4-7(8)5-3-6;1-4-3-7-5(2)6-4;/h2-5H,1H3;3H,1-2H3;1H4. The predicted octanol–water partition coefficient (Wildman–Crippen LogP) is 5.15. The number of halogens is 1. The highest BCUT2D eigenvalue weighted by molar-refractivity contribution is 9.10. The average Bonchev–Trinajstić information content (AvgIpc) is 2.56. The zero-order chi connectivity index (χ0) is 11.3. The molecule has 88 valence electrons. The van der Waals surface area contributed by atoms with Crippen molar-refractivity contribution in [3.8, 4) is 0 Å². The number of aromatic nitrogens is 1. The van der Waals surface area contributed by atoms with Crippen molar-refractivity contribution >= 4 is 27.3 Å². The predicted molar refractivity (Wildman–Crippen MR) is 77.2 cm³/mol. The van der Waals surface area contributed by atoms with Crippen LogP contribution in [0.3, 0.4) is 0 Å². The number of rotatable bonds is 0. The van der Waals surface area contributed by atoms with Crippen LogP contribution in [0.15, 0.2) is 34.1 Å². The Labute approximate surface area is 111 Å². The molecule has 1 nitrogen and oxygen atoms in total. The van der Waals surface area contributed by atoms with E-state index in [4.69, 9.17) is 0 Å². The van der Waals surface area contributed by atoms with Crippen molar-refractivity contribution in [3.63, 3.8) is 0 Å². The molecule has 0 aliphatic carbocycles. The van der Waals surface area contributed by atoms with Gasteiger partial charge in [-0.15, -0.1) is 11.3 Å². The SMILES string of the molecule is C.Cc1ccc(Br)cc1.Cc1csc(C)n1. The number of benzene rings is 1. The molecule has 0 atom stereocenters. The van der Waals surface area contributed by atoms with Crippen LogP contribution in [0.2, 0.25) is 0 Å². The fourth-order valence-corrected chi connectivity index (χ4v) is 1.86. The quantitative estimate of drug-likeness (QED) is 0.655. The van der Waals surface area contributed by atoms with Crippen LogP contribution in [0.1, 0.15) is 23.7 Å². The zero-order valence-electron chi connectivity index (χ0n) is 9.12. The molecular formula is C13H18BrNS. The Morgan fingerprint density at radius 3 is 1.88 bits per heavy atom. The molecule has 0 aliphatic heterocycles. The third-order valence-electron chi connectivity index (χ3n) is 1.74. The van der Waals surface area contributed by atoms with Gasteiger partial charge in [0.15, 0.2) is 0 Å². The summed E-state index contributed by atoms with van der Waals surface area (Å²) < 4.78 is 1.14. The van der Waals surface area contributed by atoms with E-state index in [1.807, 2.05) is 26.0 Å². The van der Waals surface area contributed by atoms with Crippen LogP contribution in [0.4, 0.5) is 0 Å². The van der Waals surface area contributed by atoms with Gasteiger partial charge in [0.1, 0.15) is 0 Å². The Hall–Kier alpha value is -0.670. The molecule has 0 unspecified atom stereocenters. The van der Waals surface area contributed by atoms with Crippen molar-refractivity contribution in [1.82, 2.24) is 4.98 Å². The molecule has 2 rings (SSSR count). The van der Waals surface area contributed by atoms with Crippen molar-refractivity contribution in [1.29, 1.82) is 0 Å². The van der Waals surface area contributed by atoms with Gasteiger partial charge >= 0.3 is 0 Å². The molecule has 0 fully saturated rings. The molecule has 0 saturated heterocycles. The molecule has 0 spiro atoms. The minimum absolute atomic E-state index is 0. The smallest absolute Gasteiger partial charge is 0.0897 e. The molecular weight excluding hydrogens is 282 g/mol. The summed E-state index contributed by atoms with van der Waals surface area (Å²) in [5, 5.41) is 3.20. The summed E-state index contributed by atoms with van der Waals surface area (Å²) in [6.45, 7) is 6.09. The van der Waals surface area contributed by atoms with E-state index in [1.165, 1.54) is 5.56 Å². The second-order valence-corrected chi connectivity index (χ2v) is 5.28. The van der Waals surface area contributed by atoms with E-state index < -0.39 is 0 Å². The lowest BCUT2D eigenvalue weighted by atomic mass is 10.2. The van der Waals surface area contributed by atoms with E-state index in [1.54, 1.807) is 11.3 Å². The fourth-order valence-electron chi connectivity index (χ4n) is 1.00. The molecule has 16 heavy (non-hydrogen) atoms. The highest BCUT2D eigenvalue weighted by Crippen LogP contribution is 2.08. The number of thiazole rings is 1. The summed E-state index contributed by atoms with van der Waals surface area (Å²) in [7, 11) is 0. The molecule has 2 aromatic rings. The molecule has 1 heterocycles. The Morgan fingerprint density at radius 1 is 1.06 bits per heavy atom. The Morgan fingerprint density at radius 2 is 1.62 bits per heavy atom. The van der Waals surface area contributed by atoms with Gasteiger partial charge in [0.2, 0.25) is 0 Å². The van der Waals surface area contributed by atoms with Crippen LogP contribution in [-0.4, -0.2) is 4.98 Å². The van der Waals surface area contributed by atoms with E-state index in [0.717, 1.165) is 15.2 Å². The van der Waals surface area contributed by atoms with E-state index in [-0.39, 0.29) is 7.43 Å². The largest absolute Gasteiger partial charge is 0.247 e. The van der Waals surface area contributed by atoms with Gasteiger partial charge in [0.05, 0.1) is 5.01 Å². The molecule has 3 heteroatoms. The minimum Gasteiger partial charge on any atom is -0.247 e. The first-order valence-electron chi connectivity index (χ1n) is 4.69. The third-order valence-corrected chi connectivity index (χ3v) is 3.16. The Balaban J connectivity index is 0.000000267. The zero-order valence-corrected chi connectivity index (χ0v) is 11.5. The van der Waals surface area contributed by atoms with E-state index in [9.17, 15) is 0 Å². The first-order chi connectivity index (χ1) is 7.08. The number of aryl methyl sites for hydroxylation is 3. The van der Waals surface area contributed by atoms with Crippen LogP contribution >= 0.6 is 27.3 Å². The number of nitrogens with zero attached hydrogens (tertiary/aromatic N) is 1. The van der Waals surface area contributed by atoms with Gasteiger partial charge in [-0.2, -0.15) is 0 Å². The molecule has 0 N–H and O–H groups in total. The molecule has 1 aromatic carbocycles. The first kappa shape index (κ1) is 15.3. The molecule has 1 aromatic heterocycles. The lowest BCUT2D eigenvalue weighted by molar-refractivity contribution is 1.20. The number of hydrogen-bond acceptors (Lipinski definition) is 2. The van der Waals surface area contributed by atoms with Gasteiger partial charge in [-0.05, 0) is 32.9 Å². The van der Waals surface area contributed by atoms with Crippen molar-refractivity contribution in [2.24, 2.45) is 0 Å². The summed E-state index contributed by atoms with van der Waals surface area (Å²) in [5.41, 5.74) is 2.43. The van der Waals surface area contributed by atoms with Crippen molar-refractivity contribution in [3.05, 3.63) is 50.4 Å². The minimum atomic E-state index is 0. The highest BCUT2D eigenvalue weighted by Gasteiger charge is 1.86. The molecule has 0 saturated carbocycles.